The molecule has 0 bridgehead atoms. The van der Waals surface area contributed by atoms with E-state index in [-0.39, 0.29) is 12.1 Å². The summed E-state index contributed by atoms with van der Waals surface area (Å²) in [5.74, 6) is 2.27. The topological polar surface area (TPSA) is 61.0 Å². The molecule has 1 fully saturated rings. The Balaban J connectivity index is 1.66. The molecule has 2 aromatic heterocycles. The lowest BCUT2D eigenvalue weighted by atomic mass is 10.1. The smallest absolute Gasteiger partial charge is 0.150 e. The van der Waals surface area contributed by atoms with Crippen molar-refractivity contribution < 1.29 is 4.74 Å². The lowest BCUT2D eigenvalue weighted by molar-refractivity contribution is 0.107. The van der Waals surface area contributed by atoms with Gasteiger partial charge in [-0.25, -0.2) is 0 Å². The van der Waals surface area contributed by atoms with Gasteiger partial charge in [0, 0.05) is 51.5 Å². The van der Waals surface area contributed by atoms with Crippen molar-refractivity contribution in [2.75, 3.05) is 13.7 Å². The average molecular weight is 358 g/mol. The molecule has 2 aromatic rings. The summed E-state index contributed by atoms with van der Waals surface area (Å²) in [5.41, 5.74) is 3.95. The maximum atomic E-state index is 5.73. The fourth-order valence-electron chi connectivity index (χ4n) is 4.67. The highest BCUT2D eigenvalue weighted by atomic mass is 16.5. The highest BCUT2D eigenvalue weighted by Gasteiger charge is 2.38. The van der Waals surface area contributed by atoms with E-state index in [1.165, 1.54) is 23.4 Å². The predicted octanol–water partition coefficient (Wildman–Crippen LogP) is 2.04. The van der Waals surface area contributed by atoms with Crippen LogP contribution in [0.25, 0.3) is 0 Å². The Bertz CT molecular complexity index is 779. The first kappa shape index (κ1) is 17.7. The van der Waals surface area contributed by atoms with Gasteiger partial charge in [0.05, 0.1) is 17.8 Å². The second-order valence-electron chi connectivity index (χ2n) is 7.47. The van der Waals surface area contributed by atoms with E-state index >= 15 is 0 Å². The number of methoxy groups -OCH3 is 1. The van der Waals surface area contributed by atoms with Crippen LogP contribution in [0.15, 0.2) is 0 Å². The van der Waals surface area contributed by atoms with Gasteiger partial charge in [0.25, 0.3) is 0 Å². The van der Waals surface area contributed by atoms with Gasteiger partial charge < -0.3 is 9.30 Å². The molecule has 2 atom stereocenters. The molecular formula is C19H30N6O. The molecule has 0 saturated carbocycles. The molecule has 26 heavy (non-hydrogen) atoms. The summed E-state index contributed by atoms with van der Waals surface area (Å²) in [7, 11) is 3.88. The van der Waals surface area contributed by atoms with Crippen LogP contribution < -0.4 is 0 Å². The number of hydrogen-bond acceptors (Lipinski definition) is 5. The molecular weight excluding hydrogens is 328 g/mol. The van der Waals surface area contributed by atoms with E-state index in [0.29, 0.717) is 0 Å². The Morgan fingerprint density at radius 2 is 2.04 bits per heavy atom. The highest BCUT2D eigenvalue weighted by molar-refractivity contribution is 5.27. The van der Waals surface area contributed by atoms with Gasteiger partial charge in [-0.2, -0.15) is 5.10 Å². The Morgan fingerprint density at radius 1 is 1.19 bits per heavy atom. The van der Waals surface area contributed by atoms with E-state index in [4.69, 9.17) is 9.84 Å². The van der Waals surface area contributed by atoms with Crippen molar-refractivity contribution in [3.05, 3.63) is 28.6 Å². The van der Waals surface area contributed by atoms with Crippen LogP contribution in [0.1, 0.15) is 61.3 Å². The fourth-order valence-corrected chi connectivity index (χ4v) is 4.67. The molecule has 0 amide bonds. The van der Waals surface area contributed by atoms with Gasteiger partial charge in [0.2, 0.25) is 0 Å². The van der Waals surface area contributed by atoms with Crippen molar-refractivity contribution in [3.63, 3.8) is 0 Å². The molecule has 2 aliphatic heterocycles. The lowest BCUT2D eigenvalue weighted by Gasteiger charge is -2.24. The van der Waals surface area contributed by atoms with E-state index in [9.17, 15) is 0 Å². The van der Waals surface area contributed by atoms with E-state index < -0.39 is 0 Å². The third-order valence-corrected chi connectivity index (χ3v) is 6.02. The molecule has 1 saturated heterocycles. The van der Waals surface area contributed by atoms with Crippen LogP contribution in [0, 0.1) is 0 Å². The summed E-state index contributed by atoms with van der Waals surface area (Å²) in [6.45, 7) is 7.30. The quantitative estimate of drug-likeness (QED) is 0.791. The Hall–Kier alpha value is -1.73. The summed E-state index contributed by atoms with van der Waals surface area (Å²) in [6, 6.07) is 0.272. The zero-order valence-corrected chi connectivity index (χ0v) is 16.4. The summed E-state index contributed by atoms with van der Waals surface area (Å²) in [5, 5.41) is 13.8. The predicted molar refractivity (Wildman–Crippen MR) is 98.9 cm³/mol. The second-order valence-corrected chi connectivity index (χ2v) is 7.47. The largest absolute Gasteiger partial charge is 0.380 e. The van der Waals surface area contributed by atoms with Crippen molar-refractivity contribution in [2.45, 2.75) is 71.2 Å². The average Bonchev–Trinajstić information content (AvgIpc) is 3.38. The van der Waals surface area contributed by atoms with Crippen LogP contribution in [0.2, 0.25) is 0 Å². The standard InChI is InChI=1S/C19H30N6O/c1-5-15-14(16(6-2)23(3)22-15)12-24-11-13(26-4)10-17(24)19-21-20-18-8-7-9-25(18)19/h13,17H,5-12H2,1-4H3/t13-,17+/m1/s1. The van der Waals surface area contributed by atoms with Gasteiger partial charge in [0.1, 0.15) is 5.82 Å². The Morgan fingerprint density at radius 3 is 2.77 bits per heavy atom. The molecule has 4 heterocycles. The SMILES string of the molecule is CCc1nn(C)c(CC)c1CN1C[C@H](OC)C[C@H]1c1nnc2n1CCC2. The van der Waals surface area contributed by atoms with Gasteiger partial charge in [-0.1, -0.05) is 13.8 Å². The zero-order valence-electron chi connectivity index (χ0n) is 16.4. The van der Waals surface area contributed by atoms with Crippen molar-refractivity contribution >= 4 is 0 Å². The van der Waals surface area contributed by atoms with Crippen LogP contribution in [0.4, 0.5) is 0 Å². The van der Waals surface area contributed by atoms with Crippen molar-refractivity contribution in [1.29, 1.82) is 0 Å². The first-order valence-electron chi connectivity index (χ1n) is 9.88. The normalized spacial score (nSPS) is 23.1. The number of likely N-dealkylation sites (tertiary alicyclic amines) is 1. The van der Waals surface area contributed by atoms with Crippen LogP contribution >= 0.6 is 0 Å². The minimum Gasteiger partial charge on any atom is -0.380 e. The van der Waals surface area contributed by atoms with E-state index in [1.807, 2.05) is 7.11 Å². The van der Waals surface area contributed by atoms with Gasteiger partial charge in [-0.05, 0) is 25.7 Å². The number of nitrogens with zero attached hydrogens (tertiary/aromatic N) is 6. The maximum Gasteiger partial charge on any atom is 0.150 e. The number of aryl methyl sites for hydroxylation is 3. The van der Waals surface area contributed by atoms with Crippen LogP contribution in [-0.4, -0.2) is 49.2 Å². The highest BCUT2D eigenvalue weighted by Crippen LogP contribution is 2.36. The van der Waals surface area contributed by atoms with Crippen LogP contribution in [0.3, 0.4) is 0 Å². The van der Waals surface area contributed by atoms with Crippen molar-refractivity contribution in [1.82, 2.24) is 29.4 Å². The number of rotatable bonds is 6. The summed E-state index contributed by atoms with van der Waals surface area (Å²) >= 11 is 0. The van der Waals surface area contributed by atoms with Gasteiger partial charge >= 0.3 is 0 Å². The third-order valence-electron chi connectivity index (χ3n) is 6.02. The molecule has 7 heteroatoms. The van der Waals surface area contributed by atoms with Crippen LogP contribution in [0.5, 0.6) is 0 Å². The van der Waals surface area contributed by atoms with Gasteiger partial charge in [-0.3, -0.25) is 9.58 Å². The van der Waals surface area contributed by atoms with Crippen molar-refractivity contribution in [3.8, 4) is 0 Å². The van der Waals surface area contributed by atoms with Crippen molar-refractivity contribution in [2.24, 2.45) is 7.05 Å². The Kier molecular flexibility index (Phi) is 4.84. The molecule has 142 valence electrons. The van der Waals surface area contributed by atoms with E-state index in [1.54, 1.807) is 0 Å². The molecule has 7 nitrogen and oxygen atoms in total. The summed E-state index contributed by atoms with van der Waals surface area (Å²) in [6.07, 6.45) is 5.44. The number of fused-ring (bicyclic) bond motifs is 1. The third kappa shape index (κ3) is 2.87. The minimum atomic E-state index is 0.251. The second kappa shape index (κ2) is 7.12. The van der Waals surface area contributed by atoms with Crippen LogP contribution in [-0.2, 0) is 44.1 Å². The Labute approximate surface area is 155 Å². The first-order valence-corrected chi connectivity index (χ1v) is 9.88. The molecule has 0 N–H and O–H groups in total. The number of ether oxygens (including phenoxy) is 1. The summed E-state index contributed by atoms with van der Waals surface area (Å²) in [4.78, 5) is 2.53. The van der Waals surface area contributed by atoms with E-state index in [2.05, 4.69) is 45.2 Å². The molecule has 0 aliphatic carbocycles. The summed E-state index contributed by atoms with van der Waals surface area (Å²) < 4.78 is 10.1. The fraction of sp³-hybridized carbons (Fsp3) is 0.737. The van der Waals surface area contributed by atoms with Gasteiger partial charge in [-0.15, -0.1) is 10.2 Å². The minimum absolute atomic E-state index is 0.251. The first-order chi connectivity index (χ1) is 12.7. The lowest BCUT2D eigenvalue weighted by Crippen LogP contribution is -2.27. The monoisotopic (exact) mass is 358 g/mol. The molecule has 4 rings (SSSR count). The maximum absolute atomic E-state index is 5.73. The molecule has 0 spiro atoms. The molecule has 0 radical (unpaired) electrons. The molecule has 2 aliphatic rings. The number of hydrogen-bond donors (Lipinski definition) is 0. The number of aromatic nitrogens is 5. The van der Waals surface area contributed by atoms with E-state index in [0.717, 1.165) is 57.0 Å². The van der Waals surface area contributed by atoms with Gasteiger partial charge in [0.15, 0.2) is 5.82 Å². The zero-order chi connectivity index (χ0) is 18.3. The molecule has 0 aromatic carbocycles. The molecule has 0 unspecified atom stereocenters.